The molecule has 1 aromatic heterocycles. The Kier molecular flexibility index (Phi) is 5.40. The van der Waals surface area contributed by atoms with Gasteiger partial charge in [-0.05, 0) is 24.1 Å². The molecule has 2 aromatic carbocycles. The predicted octanol–water partition coefficient (Wildman–Crippen LogP) is 4.49. The summed E-state index contributed by atoms with van der Waals surface area (Å²) in [5.74, 6) is 0. The highest BCUT2D eigenvalue weighted by Gasteiger charge is 2.07. The zero-order chi connectivity index (χ0) is 15.9. The minimum Gasteiger partial charge on any atom is -0.385 e. The average molecular weight is 324 g/mol. The van der Waals surface area contributed by atoms with Gasteiger partial charge in [-0.2, -0.15) is 0 Å². The second-order valence-corrected chi connectivity index (χ2v) is 6.05. The number of thiazole rings is 1. The smallest absolute Gasteiger partial charge is 0.190 e. The van der Waals surface area contributed by atoms with Gasteiger partial charge in [-0.1, -0.05) is 48.5 Å². The van der Waals surface area contributed by atoms with Crippen LogP contribution in [-0.2, 0) is 11.3 Å². The Hall–Kier alpha value is -2.17. The molecule has 0 saturated heterocycles. The molecule has 4 heteroatoms. The third kappa shape index (κ3) is 3.97. The van der Waals surface area contributed by atoms with E-state index in [2.05, 4.69) is 34.2 Å². The summed E-state index contributed by atoms with van der Waals surface area (Å²) >= 11 is 1.68. The molecule has 0 fully saturated rings. The highest BCUT2D eigenvalue weighted by atomic mass is 32.1. The largest absolute Gasteiger partial charge is 0.385 e. The fourth-order valence-electron chi connectivity index (χ4n) is 2.45. The molecule has 0 atom stereocenters. The first-order valence-corrected chi connectivity index (χ1v) is 8.59. The first-order valence-electron chi connectivity index (χ1n) is 7.71. The van der Waals surface area contributed by atoms with Gasteiger partial charge < -0.3 is 9.30 Å². The van der Waals surface area contributed by atoms with E-state index in [-0.39, 0.29) is 0 Å². The van der Waals surface area contributed by atoms with E-state index >= 15 is 0 Å². The van der Waals surface area contributed by atoms with Crippen LogP contribution in [0.15, 0.2) is 71.0 Å². The molecule has 0 N–H and O–H groups in total. The van der Waals surface area contributed by atoms with Crippen LogP contribution in [0.4, 0.5) is 5.69 Å². The summed E-state index contributed by atoms with van der Waals surface area (Å²) in [6, 6.07) is 20.6. The third-order valence-electron chi connectivity index (χ3n) is 3.58. The van der Waals surface area contributed by atoms with E-state index in [4.69, 9.17) is 9.73 Å². The predicted molar refractivity (Wildman–Crippen MR) is 95.9 cm³/mol. The lowest BCUT2D eigenvalue weighted by molar-refractivity contribution is 0.190. The van der Waals surface area contributed by atoms with E-state index in [0.29, 0.717) is 0 Å². The fourth-order valence-corrected chi connectivity index (χ4v) is 3.41. The molecule has 3 aromatic rings. The first-order chi connectivity index (χ1) is 11.4. The van der Waals surface area contributed by atoms with Crippen LogP contribution < -0.4 is 4.80 Å². The summed E-state index contributed by atoms with van der Waals surface area (Å²) in [4.78, 5) is 5.83. The van der Waals surface area contributed by atoms with Crippen molar-refractivity contribution in [2.75, 3.05) is 13.7 Å². The van der Waals surface area contributed by atoms with Gasteiger partial charge in [-0.3, -0.25) is 0 Å². The topological polar surface area (TPSA) is 26.5 Å². The number of hydrogen-bond donors (Lipinski definition) is 0. The number of nitrogens with zero attached hydrogens (tertiary/aromatic N) is 2. The molecule has 0 aliphatic heterocycles. The summed E-state index contributed by atoms with van der Waals surface area (Å²) in [6.45, 7) is 1.65. The molecule has 0 radical (unpaired) electrons. The third-order valence-corrected chi connectivity index (χ3v) is 4.44. The van der Waals surface area contributed by atoms with Crippen molar-refractivity contribution in [3.05, 3.63) is 70.8 Å². The summed E-state index contributed by atoms with van der Waals surface area (Å²) in [5.41, 5.74) is 3.41. The molecule has 118 valence electrons. The van der Waals surface area contributed by atoms with E-state index in [1.54, 1.807) is 18.4 Å². The molecule has 0 saturated carbocycles. The maximum absolute atomic E-state index is 5.20. The number of methoxy groups -OCH3 is 1. The van der Waals surface area contributed by atoms with Gasteiger partial charge in [0.2, 0.25) is 0 Å². The van der Waals surface area contributed by atoms with Crippen LogP contribution in [0.25, 0.3) is 11.3 Å². The quantitative estimate of drug-likeness (QED) is 0.614. The summed E-state index contributed by atoms with van der Waals surface area (Å²) in [5, 5.41) is 2.18. The van der Waals surface area contributed by atoms with Gasteiger partial charge in [0.05, 0.1) is 11.4 Å². The molecule has 23 heavy (non-hydrogen) atoms. The van der Waals surface area contributed by atoms with Crippen molar-refractivity contribution in [3.63, 3.8) is 0 Å². The maximum Gasteiger partial charge on any atom is 0.190 e. The second kappa shape index (κ2) is 7.90. The fraction of sp³-hybridized carbons (Fsp3) is 0.211. The second-order valence-electron chi connectivity index (χ2n) is 5.21. The molecular formula is C19H20N2OS. The summed E-state index contributed by atoms with van der Waals surface area (Å²) < 4.78 is 7.49. The number of rotatable bonds is 6. The van der Waals surface area contributed by atoms with E-state index in [9.17, 15) is 0 Å². The van der Waals surface area contributed by atoms with Crippen LogP contribution >= 0.6 is 11.3 Å². The Bertz CT molecular complexity index is 791. The van der Waals surface area contributed by atoms with E-state index in [1.807, 2.05) is 36.4 Å². The van der Waals surface area contributed by atoms with Gasteiger partial charge in [0, 0.05) is 25.6 Å². The van der Waals surface area contributed by atoms with Crippen LogP contribution in [0.1, 0.15) is 6.42 Å². The Balaban J connectivity index is 2.02. The summed E-state index contributed by atoms with van der Waals surface area (Å²) in [6.07, 6.45) is 0.967. The molecule has 0 unspecified atom stereocenters. The normalized spacial score (nSPS) is 11.8. The van der Waals surface area contributed by atoms with Gasteiger partial charge in [0.15, 0.2) is 4.80 Å². The van der Waals surface area contributed by atoms with E-state index < -0.39 is 0 Å². The van der Waals surface area contributed by atoms with Gasteiger partial charge in [0.25, 0.3) is 0 Å². The highest BCUT2D eigenvalue weighted by Crippen LogP contribution is 2.20. The van der Waals surface area contributed by atoms with Crippen molar-refractivity contribution < 1.29 is 4.74 Å². The van der Waals surface area contributed by atoms with E-state index in [1.165, 1.54) is 11.3 Å². The highest BCUT2D eigenvalue weighted by molar-refractivity contribution is 7.07. The van der Waals surface area contributed by atoms with Crippen molar-refractivity contribution in [1.29, 1.82) is 0 Å². The van der Waals surface area contributed by atoms with Crippen LogP contribution in [0, 0.1) is 0 Å². The lowest BCUT2D eigenvalue weighted by Crippen LogP contribution is -2.17. The molecule has 3 rings (SSSR count). The van der Waals surface area contributed by atoms with Crippen LogP contribution in [0.3, 0.4) is 0 Å². The van der Waals surface area contributed by atoms with Crippen molar-refractivity contribution in [2.24, 2.45) is 4.99 Å². The Morgan fingerprint density at radius 3 is 2.39 bits per heavy atom. The zero-order valence-corrected chi connectivity index (χ0v) is 14.0. The maximum atomic E-state index is 5.20. The lowest BCUT2D eigenvalue weighted by Gasteiger charge is -2.09. The monoisotopic (exact) mass is 324 g/mol. The number of hydrogen-bond acceptors (Lipinski definition) is 3. The molecule has 1 heterocycles. The summed E-state index contributed by atoms with van der Waals surface area (Å²) in [7, 11) is 1.74. The molecule has 0 aliphatic carbocycles. The van der Waals surface area contributed by atoms with Crippen molar-refractivity contribution in [1.82, 2.24) is 4.57 Å². The van der Waals surface area contributed by atoms with Crippen molar-refractivity contribution >= 4 is 17.0 Å². The molecular weight excluding hydrogens is 304 g/mol. The van der Waals surface area contributed by atoms with Gasteiger partial charge in [0.1, 0.15) is 0 Å². The Labute approximate surface area is 140 Å². The zero-order valence-electron chi connectivity index (χ0n) is 13.2. The van der Waals surface area contributed by atoms with Crippen molar-refractivity contribution in [2.45, 2.75) is 13.0 Å². The van der Waals surface area contributed by atoms with Gasteiger partial charge >= 0.3 is 0 Å². The van der Waals surface area contributed by atoms with Crippen LogP contribution in [0.5, 0.6) is 0 Å². The molecule has 3 nitrogen and oxygen atoms in total. The van der Waals surface area contributed by atoms with Crippen LogP contribution in [-0.4, -0.2) is 18.3 Å². The number of ether oxygens (including phenoxy) is 1. The van der Waals surface area contributed by atoms with Gasteiger partial charge in [-0.25, -0.2) is 4.99 Å². The molecule has 0 spiro atoms. The molecule has 0 amide bonds. The molecule has 0 aliphatic rings. The number of para-hydroxylation sites is 1. The standard InChI is InChI=1S/C19H20N2OS/c1-22-14-8-13-21-18(16-9-4-2-5-10-16)15-23-19(21)20-17-11-6-3-7-12-17/h2-7,9-12,15H,8,13-14H2,1H3. The Morgan fingerprint density at radius 1 is 1.00 bits per heavy atom. The minimum absolute atomic E-state index is 0.752. The SMILES string of the molecule is COCCCn1c(-c2ccccc2)csc1=Nc1ccccc1. The molecule has 0 bridgehead atoms. The number of aromatic nitrogens is 1. The average Bonchev–Trinajstić information content (AvgIpc) is 3.00. The Morgan fingerprint density at radius 2 is 1.70 bits per heavy atom. The van der Waals surface area contributed by atoms with E-state index in [0.717, 1.165) is 30.1 Å². The van der Waals surface area contributed by atoms with Crippen LogP contribution in [0.2, 0.25) is 0 Å². The lowest BCUT2D eigenvalue weighted by atomic mass is 10.2. The number of benzene rings is 2. The van der Waals surface area contributed by atoms with Gasteiger partial charge in [-0.15, -0.1) is 11.3 Å². The first kappa shape index (κ1) is 15.7. The van der Waals surface area contributed by atoms with Crippen molar-refractivity contribution in [3.8, 4) is 11.3 Å². The minimum atomic E-state index is 0.752.